The summed E-state index contributed by atoms with van der Waals surface area (Å²) in [6, 6.07) is 10.1. The Kier molecular flexibility index (Phi) is 4.23. The molecule has 17 heavy (non-hydrogen) atoms. The SMILES string of the molecule is NCc1nnc(OC/C=C/c2ccccc2)s1. The van der Waals surface area contributed by atoms with Crippen LogP contribution in [0.2, 0.25) is 0 Å². The predicted molar refractivity (Wildman–Crippen MR) is 68.8 cm³/mol. The molecular weight excluding hydrogens is 234 g/mol. The smallest absolute Gasteiger partial charge is 0.294 e. The van der Waals surface area contributed by atoms with Gasteiger partial charge in [-0.15, -0.1) is 5.10 Å². The molecule has 0 spiro atoms. The van der Waals surface area contributed by atoms with Crippen molar-refractivity contribution < 1.29 is 4.74 Å². The van der Waals surface area contributed by atoms with Gasteiger partial charge in [-0.2, -0.15) is 0 Å². The highest BCUT2D eigenvalue weighted by molar-refractivity contribution is 7.13. The van der Waals surface area contributed by atoms with Gasteiger partial charge in [0.25, 0.3) is 5.19 Å². The van der Waals surface area contributed by atoms with Gasteiger partial charge >= 0.3 is 0 Å². The molecule has 0 radical (unpaired) electrons. The van der Waals surface area contributed by atoms with E-state index in [2.05, 4.69) is 10.2 Å². The molecule has 0 aliphatic rings. The van der Waals surface area contributed by atoms with Gasteiger partial charge in [0, 0.05) is 6.54 Å². The topological polar surface area (TPSA) is 61.0 Å². The maximum Gasteiger partial charge on any atom is 0.294 e. The van der Waals surface area contributed by atoms with Gasteiger partial charge < -0.3 is 10.5 Å². The fourth-order valence-corrected chi connectivity index (χ4v) is 1.82. The summed E-state index contributed by atoms with van der Waals surface area (Å²) in [6.45, 7) is 0.884. The van der Waals surface area contributed by atoms with Crippen LogP contribution in [0.3, 0.4) is 0 Å². The number of hydrogen-bond acceptors (Lipinski definition) is 5. The first-order valence-corrected chi connectivity index (χ1v) is 6.07. The predicted octanol–water partition coefficient (Wildman–Crippen LogP) is 2.09. The molecule has 0 bridgehead atoms. The van der Waals surface area contributed by atoms with Crippen molar-refractivity contribution in [2.75, 3.05) is 6.61 Å². The van der Waals surface area contributed by atoms with Gasteiger partial charge in [0.05, 0.1) is 0 Å². The Bertz CT molecular complexity index is 482. The van der Waals surface area contributed by atoms with Crippen molar-refractivity contribution in [3.63, 3.8) is 0 Å². The van der Waals surface area contributed by atoms with Crippen molar-refractivity contribution in [2.24, 2.45) is 5.73 Å². The lowest BCUT2D eigenvalue weighted by atomic mass is 10.2. The summed E-state index contributed by atoms with van der Waals surface area (Å²) in [6.07, 6.45) is 3.95. The standard InChI is InChI=1S/C12H13N3OS/c13-9-11-14-15-12(17-11)16-8-4-7-10-5-2-1-3-6-10/h1-7H,8-9,13H2/b7-4+. The molecule has 0 saturated carbocycles. The molecule has 1 heterocycles. The first-order valence-electron chi connectivity index (χ1n) is 5.25. The van der Waals surface area contributed by atoms with Crippen molar-refractivity contribution in [3.8, 4) is 5.19 Å². The zero-order chi connectivity index (χ0) is 11.9. The highest BCUT2D eigenvalue weighted by Gasteiger charge is 2.01. The third-order valence-electron chi connectivity index (χ3n) is 2.04. The summed E-state index contributed by atoms with van der Waals surface area (Å²) >= 11 is 1.38. The van der Waals surface area contributed by atoms with E-state index in [-0.39, 0.29) is 0 Å². The lowest BCUT2D eigenvalue weighted by molar-refractivity contribution is 0.358. The number of rotatable bonds is 5. The van der Waals surface area contributed by atoms with Crippen LogP contribution < -0.4 is 10.5 Å². The molecule has 0 unspecified atom stereocenters. The van der Waals surface area contributed by atoms with Crippen molar-refractivity contribution in [2.45, 2.75) is 6.54 Å². The molecule has 0 amide bonds. The van der Waals surface area contributed by atoms with Crippen LogP contribution in [-0.4, -0.2) is 16.8 Å². The molecule has 1 aromatic carbocycles. The van der Waals surface area contributed by atoms with Gasteiger partial charge in [0.15, 0.2) is 0 Å². The Morgan fingerprint density at radius 2 is 2.06 bits per heavy atom. The second-order valence-electron chi connectivity index (χ2n) is 3.29. The van der Waals surface area contributed by atoms with Crippen LogP contribution in [0.15, 0.2) is 36.4 Å². The number of hydrogen-bond donors (Lipinski definition) is 1. The minimum Gasteiger partial charge on any atom is -0.465 e. The molecule has 0 aliphatic carbocycles. The number of benzene rings is 1. The Balaban J connectivity index is 1.81. The minimum absolute atomic E-state index is 0.404. The fourth-order valence-electron chi connectivity index (χ4n) is 1.25. The summed E-state index contributed by atoms with van der Waals surface area (Å²) in [5, 5.41) is 9.07. The molecular formula is C12H13N3OS. The van der Waals surface area contributed by atoms with Crippen LogP contribution in [0.1, 0.15) is 10.6 Å². The number of aromatic nitrogens is 2. The van der Waals surface area contributed by atoms with E-state index in [1.54, 1.807) is 0 Å². The quantitative estimate of drug-likeness (QED) is 0.878. The van der Waals surface area contributed by atoms with Crippen molar-refractivity contribution >= 4 is 17.4 Å². The van der Waals surface area contributed by atoms with E-state index in [0.29, 0.717) is 18.3 Å². The van der Waals surface area contributed by atoms with Gasteiger partial charge in [-0.25, -0.2) is 0 Å². The van der Waals surface area contributed by atoms with Gasteiger partial charge in [-0.1, -0.05) is 52.8 Å². The monoisotopic (exact) mass is 247 g/mol. The van der Waals surface area contributed by atoms with E-state index in [4.69, 9.17) is 10.5 Å². The van der Waals surface area contributed by atoms with Crippen LogP contribution in [0.25, 0.3) is 6.08 Å². The van der Waals surface area contributed by atoms with Crippen LogP contribution in [0, 0.1) is 0 Å². The summed E-state index contributed by atoms with van der Waals surface area (Å²) in [7, 11) is 0. The molecule has 5 heteroatoms. The van der Waals surface area contributed by atoms with Crippen LogP contribution in [0.5, 0.6) is 5.19 Å². The Morgan fingerprint density at radius 1 is 1.24 bits per heavy atom. The normalized spacial score (nSPS) is 10.9. The van der Waals surface area contributed by atoms with Gasteiger partial charge in [-0.05, 0) is 11.6 Å². The molecule has 0 atom stereocenters. The molecule has 2 rings (SSSR count). The molecule has 2 aromatic rings. The molecule has 88 valence electrons. The van der Waals surface area contributed by atoms with E-state index in [1.165, 1.54) is 11.3 Å². The number of nitrogens with two attached hydrogens (primary N) is 1. The van der Waals surface area contributed by atoms with Crippen LogP contribution in [0.4, 0.5) is 0 Å². The third kappa shape index (κ3) is 3.65. The van der Waals surface area contributed by atoms with Crippen molar-refractivity contribution in [1.82, 2.24) is 10.2 Å². The summed E-state index contributed by atoms with van der Waals surface area (Å²) in [5.41, 5.74) is 6.58. The van der Waals surface area contributed by atoms with Crippen LogP contribution >= 0.6 is 11.3 Å². The largest absolute Gasteiger partial charge is 0.465 e. The van der Waals surface area contributed by atoms with E-state index in [1.807, 2.05) is 42.5 Å². The lowest BCUT2D eigenvalue weighted by Gasteiger charge is -1.95. The van der Waals surface area contributed by atoms with Gasteiger partial charge in [-0.3, -0.25) is 0 Å². The van der Waals surface area contributed by atoms with Gasteiger partial charge in [0.1, 0.15) is 11.6 Å². The maximum atomic E-state index is 5.43. The summed E-state index contributed by atoms with van der Waals surface area (Å²) in [4.78, 5) is 0. The van der Waals surface area contributed by atoms with E-state index < -0.39 is 0 Å². The average Bonchev–Trinajstić information content (AvgIpc) is 2.84. The highest BCUT2D eigenvalue weighted by atomic mass is 32.1. The fraction of sp³-hybridized carbons (Fsp3) is 0.167. The number of nitrogens with zero attached hydrogens (tertiary/aromatic N) is 2. The minimum atomic E-state index is 0.404. The second kappa shape index (κ2) is 6.12. The summed E-state index contributed by atoms with van der Waals surface area (Å²) < 4.78 is 5.41. The highest BCUT2D eigenvalue weighted by Crippen LogP contribution is 2.16. The number of ether oxygens (including phenoxy) is 1. The van der Waals surface area contributed by atoms with E-state index >= 15 is 0 Å². The van der Waals surface area contributed by atoms with Crippen LogP contribution in [-0.2, 0) is 6.54 Å². The Hall–Kier alpha value is -1.72. The maximum absolute atomic E-state index is 5.43. The zero-order valence-electron chi connectivity index (χ0n) is 9.24. The second-order valence-corrected chi connectivity index (χ2v) is 4.31. The first kappa shape index (κ1) is 11.8. The van der Waals surface area contributed by atoms with Crippen molar-refractivity contribution in [3.05, 3.63) is 47.0 Å². The first-order chi connectivity index (χ1) is 8.38. The molecule has 2 N–H and O–H groups in total. The lowest BCUT2D eigenvalue weighted by Crippen LogP contribution is -1.94. The van der Waals surface area contributed by atoms with E-state index in [0.717, 1.165) is 10.6 Å². The Morgan fingerprint density at radius 3 is 2.76 bits per heavy atom. The molecule has 4 nitrogen and oxygen atoms in total. The zero-order valence-corrected chi connectivity index (χ0v) is 10.1. The summed E-state index contributed by atoms with van der Waals surface area (Å²) in [5.74, 6) is 0. The molecule has 0 saturated heterocycles. The average molecular weight is 247 g/mol. The molecule has 1 aromatic heterocycles. The van der Waals surface area contributed by atoms with Gasteiger partial charge in [0.2, 0.25) is 0 Å². The Labute approximate surface area is 104 Å². The third-order valence-corrected chi connectivity index (χ3v) is 2.89. The molecule has 0 aliphatic heterocycles. The molecule has 0 fully saturated rings. The van der Waals surface area contributed by atoms with Crippen molar-refractivity contribution in [1.29, 1.82) is 0 Å². The van der Waals surface area contributed by atoms with E-state index in [9.17, 15) is 0 Å².